The number of halogens is 4. The van der Waals surface area contributed by atoms with E-state index >= 15 is 0 Å². The van der Waals surface area contributed by atoms with Crippen molar-refractivity contribution in [2.45, 2.75) is 51.9 Å². The lowest BCUT2D eigenvalue weighted by molar-refractivity contribution is -0.274. The Morgan fingerprint density at radius 3 is 2.39 bits per heavy atom. The van der Waals surface area contributed by atoms with Crippen molar-refractivity contribution in [2.75, 3.05) is 13.2 Å². The van der Waals surface area contributed by atoms with Crippen molar-refractivity contribution in [3.8, 4) is 5.75 Å². The molecular formula is C18H27F3IN3O3. The molecule has 3 N–H and O–H groups in total. The lowest BCUT2D eigenvalue weighted by Gasteiger charge is -2.09. The van der Waals surface area contributed by atoms with Crippen LogP contribution in [-0.4, -0.2) is 31.4 Å². The van der Waals surface area contributed by atoms with Crippen LogP contribution in [0, 0.1) is 0 Å². The first kappa shape index (κ1) is 26.3. The smallest absolute Gasteiger partial charge is 0.466 e. The Morgan fingerprint density at radius 1 is 1.14 bits per heavy atom. The number of rotatable bonds is 11. The Bertz CT molecular complexity index is 596. The molecule has 0 bridgehead atoms. The second-order valence-electron chi connectivity index (χ2n) is 5.79. The number of hydrogen-bond donors (Lipinski definition) is 2. The number of nitrogens with one attached hydrogen (secondary N) is 1. The van der Waals surface area contributed by atoms with E-state index in [4.69, 9.17) is 10.5 Å². The average molecular weight is 517 g/mol. The highest BCUT2D eigenvalue weighted by molar-refractivity contribution is 14.0. The van der Waals surface area contributed by atoms with E-state index in [-0.39, 0.29) is 48.2 Å². The number of esters is 1. The molecule has 28 heavy (non-hydrogen) atoms. The van der Waals surface area contributed by atoms with Crippen LogP contribution < -0.4 is 15.8 Å². The summed E-state index contributed by atoms with van der Waals surface area (Å²) in [4.78, 5) is 15.3. The third-order valence-electron chi connectivity index (χ3n) is 3.51. The van der Waals surface area contributed by atoms with Crippen molar-refractivity contribution >= 4 is 35.9 Å². The van der Waals surface area contributed by atoms with E-state index in [1.807, 2.05) is 0 Å². The number of alkyl halides is 3. The molecule has 0 saturated heterocycles. The number of carbonyl (C=O) groups excluding carboxylic acids is 1. The molecule has 0 aliphatic heterocycles. The van der Waals surface area contributed by atoms with Gasteiger partial charge in [-0.2, -0.15) is 0 Å². The van der Waals surface area contributed by atoms with Gasteiger partial charge in [0.25, 0.3) is 0 Å². The van der Waals surface area contributed by atoms with Crippen LogP contribution in [0.3, 0.4) is 0 Å². The molecule has 0 aliphatic carbocycles. The summed E-state index contributed by atoms with van der Waals surface area (Å²) >= 11 is 0. The summed E-state index contributed by atoms with van der Waals surface area (Å²) in [6.07, 6.45) is -0.673. The number of hydrogen-bond acceptors (Lipinski definition) is 4. The van der Waals surface area contributed by atoms with Gasteiger partial charge in [0.1, 0.15) is 5.75 Å². The fourth-order valence-corrected chi connectivity index (χ4v) is 2.23. The van der Waals surface area contributed by atoms with Crippen LogP contribution in [0.1, 0.15) is 44.6 Å². The molecule has 1 aromatic carbocycles. The summed E-state index contributed by atoms with van der Waals surface area (Å²) in [6.45, 7) is 3.11. The molecular weight excluding hydrogens is 490 g/mol. The lowest BCUT2D eigenvalue weighted by Crippen LogP contribution is -2.32. The number of unbranched alkanes of at least 4 members (excludes halogenated alkanes) is 3. The van der Waals surface area contributed by atoms with Gasteiger partial charge in [-0.15, -0.1) is 37.1 Å². The molecule has 0 saturated carbocycles. The third-order valence-corrected chi connectivity index (χ3v) is 3.51. The van der Waals surface area contributed by atoms with Crippen LogP contribution in [0.25, 0.3) is 0 Å². The van der Waals surface area contributed by atoms with Crippen LogP contribution in [-0.2, 0) is 16.1 Å². The Labute approximate surface area is 180 Å². The standard InChI is InChI=1S/C18H26F3N3O3.HI/c1-2-26-16(25)7-5-3-4-6-12-23-17(22)24-13-14-8-10-15(11-9-14)27-18(19,20)21;/h8-11H,2-7,12-13H2,1H3,(H3,22,23,24);1H. The average Bonchev–Trinajstić information content (AvgIpc) is 2.59. The molecule has 0 atom stereocenters. The second-order valence-corrected chi connectivity index (χ2v) is 5.79. The van der Waals surface area contributed by atoms with Gasteiger partial charge in [-0.05, 0) is 37.5 Å². The zero-order valence-corrected chi connectivity index (χ0v) is 18.1. The molecule has 0 aliphatic rings. The lowest BCUT2D eigenvalue weighted by atomic mass is 10.1. The zero-order valence-electron chi connectivity index (χ0n) is 15.8. The summed E-state index contributed by atoms with van der Waals surface area (Å²) in [5.41, 5.74) is 6.47. The molecule has 0 heterocycles. The van der Waals surface area contributed by atoms with E-state index in [1.54, 1.807) is 6.92 Å². The summed E-state index contributed by atoms with van der Waals surface area (Å²) in [6, 6.07) is 5.47. The van der Waals surface area contributed by atoms with E-state index < -0.39 is 6.36 Å². The van der Waals surface area contributed by atoms with Crippen molar-refractivity contribution in [2.24, 2.45) is 10.7 Å². The van der Waals surface area contributed by atoms with Crippen LogP contribution >= 0.6 is 24.0 Å². The van der Waals surface area contributed by atoms with Gasteiger partial charge in [-0.3, -0.25) is 4.79 Å². The topological polar surface area (TPSA) is 85.9 Å². The van der Waals surface area contributed by atoms with Crippen molar-refractivity contribution < 1.29 is 27.4 Å². The van der Waals surface area contributed by atoms with Gasteiger partial charge in [0.15, 0.2) is 5.96 Å². The van der Waals surface area contributed by atoms with Crippen LogP contribution in [0.15, 0.2) is 29.3 Å². The molecule has 0 radical (unpaired) electrons. The van der Waals surface area contributed by atoms with Gasteiger partial charge in [-0.25, -0.2) is 4.99 Å². The van der Waals surface area contributed by atoms with E-state index in [1.165, 1.54) is 24.3 Å². The molecule has 6 nitrogen and oxygen atoms in total. The molecule has 0 unspecified atom stereocenters. The highest BCUT2D eigenvalue weighted by Gasteiger charge is 2.30. The van der Waals surface area contributed by atoms with Crippen LogP contribution in [0.2, 0.25) is 0 Å². The molecule has 0 aromatic heterocycles. The summed E-state index contributed by atoms with van der Waals surface area (Å²) in [5.74, 6) is -0.161. The minimum atomic E-state index is -4.70. The predicted octanol–water partition coefficient (Wildman–Crippen LogP) is 4.12. The Kier molecular flexibility index (Phi) is 13.4. The van der Waals surface area contributed by atoms with Gasteiger partial charge in [0, 0.05) is 13.0 Å². The van der Waals surface area contributed by atoms with Crippen molar-refractivity contribution in [3.05, 3.63) is 29.8 Å². The summed E-state index contributed by atoms with van der Waals surface area (Å²) in [5, 5.41) is 2.98. The maximum Gasteiger partial charge on any atom is 0.573 e. The van der Waals surface area contributed by atoms with Crippen molar-refractivity contribution in [1.82, 2.24) is 5.32 Å². The maximum absolute atomic E-state index is 12.1. The minimum Gasteiger partial charge on any atom is -0.466 e. The Balaban J connectivity index is 0.00000729. The van der Waals surface area contributed by atoms with Gasteiger partial charge in [-0.1, -0.05) is 25.0 Å². The third kappa shape index (κ3) is 13.4. The molecule has 0 spiro atoms. The largest absolute Gasteiger partial charge is 0.573 e. The maximum atomic E-state index is 12.1. The molecule has 10 heteroatoms. The fraction of sp³-hybridized carbons (Fsp3) is 0.556. The number of ether oxygens (including phenoxy) is 2. The molecule has 160 valence electrons. The van der Waals surface area contributed by atoms with Gasteiger partial charge in [0.05, 0.1) is 13.2 Å². The highest BCUT2D eigenvalue weighted by Crippen LogP contribution is 2.22. The molecule has 0 fully saturated rings. The highest BCUT2D eigenvalue weighted by atomic mass is 127. The number of aliphatic imine (C=N–C) groups is 1. The summed E-state index contributed by atoms with van der Waals surface area (Å²) < 4.78 is 44.9. The minimum absolute atomic E-state index is 0. The first-order valence-electron chi connectivity index (χ1n) is 8.84. The van der Waals surface area contributed by atoms with E-state index in [0.29, 0.717) is 25.1 Å². The monoisotopic (exact) mass is 517 g/mol. The number of benzene rings is 1. The zero-order chi connectivity index (χ0) is 20.1. The van der Waals surface area contributed by atoms with E-state index in [9.17, 15) is 18.0 Å². The number of carbonyl (C=O) groups is 1. The molecule has 1 rings (SSSR count). The van der Waals surface area contributed by atoms with Gasteiger partial charge < -0.3 is 20.5 Å². The molecule has 1 aromatic rings. The fourth-order valence-electron chi connectivity index (χ4n) is 2.23. The first-order chi connectivity index (χ1) is 12.8. The predicted molar refractivity (Wildman–Crippen MR) is 112 cm³/mol. The summed E-state index contributed by atoms with van der Waals surface area (Å²) in [7, 11) is 0. The normalized spacial score (nSPS) is 11.5. The van der Waals surface area contributed by atoms with Crippen LogP contribution in [0.5, 0.6) is 5.75 Å². The quantitative estimate of drug-likeness (QED) is 0.152. The first-order valence-corrected chi connectivity index (χ1v) is 8.84. The van der Waals surface area contributed by atoms with Crippen LogP contribution in [0.4, 0.5) is 13.2 Å². The van der Waals surface area contributed by atoms with Crippen molar-refractivity contribution in [1.29, 1.82) is 0 Å². The van der Waals surface area contributed by atoms with Crippen molar-refractivity contribution in [3.63, 3.8) is 0 Å². The van der Waals surface area contributed by atoms with Gasteiger partial charge >= 0.3 is 12.3 Å². The Hall–Kier alpha value is -1.72. The number of nitrogens with zero attached hydrogens (tertiary/aromatic N) is 1. The van der Waals surface area contributed by atoms with Gasteiger partial charge in [0.2, 0.25) is 0 Å². The Morgan fingerprint density at radius 2 is 1.79 bits per heavy atom. The van der Waals surface area contributed by atoms with E-state index in [2.05, 4.69) is 15.0 Å². The second kappa shape index (κ2) is 14.3. The number of nitrogens with two attached hydrogens (primary N) is 1. The van der Waals surface area contributed by atoms with E-state index in [0.717, 1.165) is 25.7 Å². The molecule has 0 amide bonds. The SMILES string of the molecule is CCOC(=O)CCCCCCNC(N)=NCc1ccc(OC(F)(F)F)cc1.I. The number of guanidine groups is 1.